The summed E-state index contributed by atoms with van der Waals surface area (Å²) in [4.78, 5) is 0. The van der Waals surface area contributed by atoms with Crippen molar-refractivity contribution in [2.24, 2.45) is 12.8 Å². The predicted octanol–water partition coefficient (Wildman–Crippen LogP) is 2.71. The van der Waals surface area contributed by atoms with Gasteiger partial charge in [0, 0.05) is 29.1 Å². The molecule has 3 heteroatoms. The molecule has 0 saturated heterocycles. The number of hydrogen-bond donors (Lipinski definition) is 1. The zero-order valence-electron chi connectivity index (χ0n) is 8.34. The quantitative estimate of drug-likeness (QED) is 0.832. The highest BCUT2D eigenvalue weighted by molar-refractivity contribution is 9.10. The number of nitrogens with two attached hydrogens (primary N) is 1. The molecule has 0 atom stereocenters. The van der Waals surface area contributed by atoms with Gasteiger partial charge < -0.3 is 10.3 Å². The van der Waals surface area contributed by atoms with Crippen LogP contribution in [-0.2, 0) is 13.6 Å². The standard InChI is InChI=1S/C11H13BrN2/c1-7-3-8-4-10(12)5-9(6-13)11(8)14(7)2/h3-5H,6,13H2,1-2H3. The minimum absolute atomic E-state index is 0.577. The fraction of sp³-hybridized carbons (Fsp3) is 0.273. The SMILES string of the molecule is Cc1cc2cc(Br)cc(CN)c2n1C. The Morgan fingerprint density at radius 2 is 2.07 bits per heavy atom. The Bertz CT molecular complexity index is 485. The lowest BCUT2D eigenvalue weighted by atomic mass is 10.1. The lowest BCUT2D eigenvalue weighted by molar-refractivity contribution is 0.905. The lowest BCUT2D eigenvalue weighted by Gasteiger charge is -2.05. The van der Waals surface area contributed by atoms with Crippen LogP contribution in [0.15, 0.2) is 22.7 Å². The van der Waals surface area contributed by atoms with Crippen LogP contribution in [0, 0.1) is 6.92 Å². The zero-order valence-corrected chi connectivity index (χ0v) is 9.93. The number of benzene rings is 1. The molecular weight excluding hydrogens is 240 g/mol. The van der Waals surface area contributed by atoms with Gasteiger partial charge in [-0.05, 0) is 30.7 Å². The molecule has 1 aromatic heterocycles. The van der Waals surface area contributed by atoms with Gasteiger partial charge in [0.25, 0.3) is 0 Å². The van der Waals surface area contributed by atoms with Crippen molar-refractivity contribution in [3.05, 3.63) is 33.9 Å². The smallest absolute Gasteiger partial charge is 0.0526 e. The summed E-state index contributed by atoms with van der Waals surface area (Å²) < 4.78 is 3.28. The number of rotatable bonds is 1. The van der Waals surface area contributed by atoms with E-state index in [-0.39, 0.29) is 0 Å². The van der Waals surface area contributed by atoms with Crippen molar-refractivity contribution >= 4 is 26.8 Å². The van der Waals surface area contributed by atoms with E-state index in [9.17, 15) is 0 Å². The number of aromatic nitrogens is 1. The van der Waals surface area contributed by atoms with E-state index in [1.54, 1.807) is 0 Å². The van der Waals surface area contributed by atoms with Gasteiger partial charge in [-0.2, -0.15) is 0 Å². The Kier molecular flexibility index (Phi) is 2.37. The fourth-order valence-electron chi connectivity index (χ4n) is 1.85. The maximum atomic E-state index is 5.73. The Morgan fingerprint density at radius 3 is 2.71 bits per heavy atom. The highest BCUT2D eigenvalue weighted by atomic mass is 79.9. The van der Waals surface area contributed by atoms with E-state index >= 15 is 0 Å². The molecule has 0 aliphatic heterocycles. The summed E-state index contributed by atoms with van der Waals surface area (Å²) in [6.07, 6.45) is 0. The van der Waals surface area contributed by atoms with Crippen molar-refractivity contribution in [1.82, 2.24) is 4.57 Å². The molecule has 74 valence electrons. The highest BCUT2D eigenvalue weighted by Crippen LogP contribution is 2.26. The highest BCUT2D eigenvalue weighted by Gasteiger charge is 2.07. The molecule has 2 N–H and O–H groups in total. The van der Waals surface area contributed by atoms with Gasteiger partial charge in [0.05, 0.1) is 5.52 Å². The van der Waals surface area contributed by atoms with Crippen molar-refractivity contribution in [1.29, 1.82) is 0 Å². The molecule has 0 fully saturated rings. The van der Waals surface area contributed by atoms with E-state index in [0.717, 1.165) is 4.47 Å². The van der Waals surface area contributed by atoms with Gasteiger partial charge in [-0.15, -0.1) is 0 Å². The van der Waals surface area contributed by atoms with Gasteiger partial charge in [-0.1, -0.05) is 15.9 Å². The third-order valence-corrected chi connectivity index (χ3v) is 3.09. The summed E-state index contributed by atoms with van der Waals surface area (Å²) in [5.41, 5.74) is 9.41. The van der Waals surface area contributed by atoms with E-state index in [0.29, 0.717) is 6.54 Å². The molecule has 14 heavy (non-hydrogen) atoms. The number of nitrogens with zero attached hydrogens (tertiary/aromatic N) is 1. The molecule has 2 nitrogen and oxygen atoms in total. The monoisotopic (exact) mass is 252 g/mol. The van der Waals surface area contributed by atoms with Crippen LogP contribution in [0.4, 0.5) is 0 Å². The summed E-state index contributed by atoms with van der Waals surface area (Å²) in [7, 11) is 2.07. The Hall–Kier alpha value is -0.800. The Labute approximate surface area is 91.8 Å². The van der Waals surface area contributed by atoms with Crippen molar-refractivity contribution in [3.8, 4) is 0 Å². The molecule has 1 aromatic carbocycles. The minimum atomic E-state index is 0.577. The normalized spacial score (nSPS) is 11.1. The molecule has 0 aliphatic rings. The van der Waals surface area contributed by atoms with Gasteiger partial charge in [0.15, 0.2) is 0 Å². The van der Waals surface area contributed by atoms with E-state index in [1.165, 1.54) is 22.2 Å². The molecule has 0 unspecified atom stereocenters. The first-order valence-corrected chi connectivity index (χ1v) is 5.37. The number of hydrogen-bond acceptors (Lipinski definition) is 1. The summed E-state index contributed by atoms with van der Waals surface area (Å²) in [5, 5.41) is 1.25. The maximum Gasteiger partial charge on any atom is 0.0526 e. The molecule has 2 rings (SSSR count). The maximum absolute atomic E-state index is 5.73. The summed E-state index contributed by atoms with van der Waals surface area (Å²) in [6, 6.07) is 6.39. The first kappa shape index (κ1) is 9.74. The van der Waals surface area contributed by atoms with Gasteiger partial charge in [0.1, 0.15) is 0 Å². The zero-order chi connectivity index (χ0) is 10.3. The van der Waals surface area contributed by atoms with E-state index in [2.05, 4.69) is 52.7 Å². The van der Waals surface area contributed by atoms with Crippen LogP contribution in [0.3, 0.4) is 0 Å². The molecule has 0 spiro atoms. The largest absolute Gasteiger partial charge is 0.348 e. The van der Waals surface area contributed by atoms with Gasteiger partial charge >= 0.3 is 0 Å². The van der Waals surface area contributed by atoms with Gasteiger partial charge in [-0.3, -0.25) is 0 Å². The van der Waals surface area contributed by atoms with Crippen molar-refractivity contribution in [3.63, 3.8) is 0 Å². The Morgan fingerprint density at radius 1 is 1.36 bits per heavy atom. The molecule has 0 aliphatic carbocycles. The van der Waals surface area contributed by atoms with Crippen LogP contribution in [-0.4, -0.2) is 4.57 Å². The third-order valence-electron chi connectivity index (χ3n) is 2.63. The van der Waals surface area contributed by atoms with Crippen LogP contribution in [0.2, 0.25) is 0 Å². The first-order valence-electron chi connectivity index (χ1n) is 4.58. The molecule has 0 amide bonds. The van der Waals surface area contributed by atoms with Crippen molar-refractivity contribution < 1.29 is 0 Å². The summed E-state index contributed by atoms with van der Waals surface area (Å²) in [6.45, 7) is 2.68. The molecule has 2 aromatic rings. The van der Waals surface area contributed by atoms with Crippen LogP contribution >= 0.6 is 15.9 Å². The van der Waals surface area contributed by atoms with E-state index < -0.39 is 0 Å². The lowest BCUT2D eigenvalue weighted by Crippen LogP contribution is -2.00. The summed E-state index contributed by atoms with van der Waals surface area (Å²) in [5.74, 6) is 0. The second-order valence-corrected chi connectivity index (χ2v) is 4.47. The van der Waals surface area contributed by atoms with Gasteiger partial charge in [0.2, 0.25) is 0 Å². The third kappa shape index (κ3) is 1.37. The van der Waals surface area contributed by atoms with E-state index in [1.807, 2.05) is 0 Å². The average molecular weight is 253 g/mol. The van der Waals surface area contributed by atoms with Crippen LogP contribution in [0.5, 0.6) is 0 Å². The second kappa shape index (κ2) is 3.41. The fourth-order valence-corrected chi connectivity index (χ4v) is 2.37. The molecule has 0 saturated carbocycles. The predicted molar refractivity (Wildman–Crippen MR) is 63.2 cm³/mol. The minimum Gasteiger partial charge on any atom is -0.348 e. The van der Waals surface area contributed by atoms with Gasteiger partial charge in [-0.25, -0.2) is 0 Å². The number of aryl methyl sites for hydroxylation is 2. The molecule has 0 bridgehead atoms. The average Bonchev–Trinajstić information content (AvgIpc) is 2.41. The first-order chi connectivity index (χ1) is 6.63. The van der Waals surface area contributed by atoms with E-state index in [4.69, 9.17) is 5.73 Å². The number of halogens is 1. The molecule has 1 heterocycles. The van der Waals surface area contributed by atoms with Crippen LogP contribution < -0.4 is 5.73 Å². The number of fused-ring (bicyclic) bond motifs is 1. The van der Waals surface area contributed by atoms with Crippen LogP contribution in [0.1, 0.15) is 11.3 Å². The summed E-state index contributed by atoms with van der Waals surface area (Å²) >= 11 is 3.49. The molecule has 0 radical (unpaired) electrons. The Balaban J connectivity index is 2.88. The van der Waals surface area contributed by atoms with Crippen molar-refractivity contribution in [2.75, 3.05) is 0 Å². The van der Waals surface area contributed by atoms with Crippen LogP contribution in [0.25, 0.3) is 10.9 Å². The van der Waals surface area contributed by atoms with Crippen molar-refractivity contribution in [2.45, 2.75) is 13.5 Å². The topological polar surface area (TPSA) is 30.9 Å². The molecular formula is C11H13BrN2. The second-order valence-electron chi connectivity index (χ2n) is 3.55.